The number of nitrogens with zero attached hydrogens (tertiary/aromatic N) is 1. The van der Waals surface area contributed by atoms with Gasteiger partial charge in [-0.1, -0.05) is 12.1 Å². The molecular formula is C7H6KNO5. The van der Waals surface area contributed by atoms with Crippen molar-refractivity contribution in [2.75, 3.05) is 0 Å². The summed E-state index contributed by atoms with van der Waals surface area (Å²) in [5, 5.41) is 17.5. The number of hydrogen-bond acceptors (Lipinski definition) is 4. The fourth-order valence-corrected chi connectivity index (χ4v) is 0.803. The maximum absolute atomic E-state index is 10.5. The van der Waals surface area contributed by atoms with E-state index in [0.717, 1.165) is 0 Å². The second-order valence-corrected chi connectivity index (χ2v) is 2.12. The Balaban J connectivity index is 0.00000169. The topological polar surface area (TPSA) is 89.7 Å². The maximum atomic E-state index is 10.5. The van der Waals surface area contributed by atoms with Crippen LogP contribution in [0.15, 0.2) is 24.3 Å². The van der Waals surface area contributed by atoms with Gasteiger partial charge >= 0.3 is 57.4 Å². The molecule has 7 heteroatoms. The predicted octanol–water partition coefficient (Wildman–Crippen LogP) is 0.307. The van der Waals surface area contributed by atoms with Crippen LogP contribution < -0.4 is 4.84 Å². The van der Waals surface area contributed by atoms with Gasteiger partial charge in [-0.05, 0) is 12.1 Å². The normalized spacial score (nSPS) is 8.57. The van der Waals surface area contributed by atoms with Crippen LogP contribution in [0, 0.1) is 10.1 Å². The molecule has 0 saturated carbocycles. The van der Waals surface area contributed by atoms with Crippen molar-refractivity contribution in [1.29, 1.82) is 0 Å². The van der Waals surface area contributed by atoms with Crippen LogP contribution in [-0.2, 0) is 0 Å². The molecule has 14 heavy (non-hydrogen) atoms. The van der Waals surface area contributed by atoms with Crippen LogP contribution >= 0.6 is 0 Å². The molecule has 1 aromatic carbocycles. The molecule has 1 aromatic rings. The number of carboxylic acids is 1. The van der Waals surface area contributed by atoms with Gasteiger partial charge in [-0.25, -0.2) is 4.79 Å². The molecule has 0 aromatic heterocycles. The average Bonchev–Trinajstić information content (AvgIpc) is 2.03. The summed E-state index contributed by atoms with van der Waals surface area (Å²) in [5.41, 5.74) is -0.237. The van der Waals surface area contributed by atoms with Gasteiger partial charge in [-0.15, -0.1) is 10.1 Å². The van der Waals surface area contributed by atoms with Gasteiger partial charge < -0.3 is 5.11 Å². The summed E-state index contributed by atoms with van der Waals surface area (Å²) in [7, 11) is 0. The van der Waals surface area contributed by atoms with Gasteiger partial charge in [0.05, 0.1) is 5.56 Å². The summed E-state index contributed by atoms with van der Waals surface area (Å²) < 4.78 is 0. The van der Waals surface area contributed by atoms with Gasteiger partial charge in [-0.2, -0.15) is 0 Å². The Kier molecular flexibility index (Phi) is 5.89. The number of aromatic carboxylic acids is 1. The van der Waals surface area contributed by atoms with Crippen molar-refractivity contribution in [3.05, 3.63) is 39.9 Å². The standard InChI is InChI=1S/C7H5NO5.K.H/c9-7(10)5-3-1-2-4-6(5)13-8(11)12;;/h1-4H,(H,9,10);;. The number of carboxylic acid groups (broad SMARTS) is 1. The van der Waals surface area contributed by atoms with Crippen molar-refractivity contribution >= 4 is 57.4 Å². The second-order valence-electron chi connectivity index (χ2n) is 2.12. The number of carbonyl (C=O) groups is 1. The molecule has 0 saturated heterocycles. The molecule has 6 nitrogen and oxygen atoms in total. The monoisotopic (exact) mass is 223 g/mol. The Morgan fingerprint density at radius 2 is 2.00 bits per heavy atom. The molecule has 0 aliphatic carbocycles. The van der Waals surface area contributed by atoms with Crippen molar-refractivity contribution in [2.45, 2.75) is 0 Å². The van der Waals surface area contributed by atoms with Crippen LogP contribution in [0.25, 0.3) is 0 Å². The Morgan fingerprint density at radius 3 is 2.50 bits per heavy atom. The third kappa shape index (κ3) is 3.72. The van der Waals surface area contributed by atoms with E-state index in [-0.39, 0.29) is 62.7 Å². The fourth-order valence-electron chi connectivity index (χ4n) is 0.803. The predicted molar refractivity (Wildman–Crippen MR) is 48.2 cm³/mol. The van der Waals surface area contributed by atoms with Crippen LogP contribution in [0.1, 0.15) is 10.4 Å². The summed E-state index contributed by atoms with van der Waals surface area (Å²) in [6, 6.07) is 5.34. The molecule has 0 heterocycles. The molecular weight excluding hydrogens is 217 g/mol. The number of para-hydroxylation sites is 1. The van der Waals surface area contributed by atoms with Crippen LogP contribution in [0.2, 0.25) is 0 Å². The Morgan fingerprint density at radius 1 is 1.43 bits per heavy atom. The SMILES string of the molecule is O=C(O)c1ccccc1O[N+](=O)[O-].[KH]. The Labute approximate surface area is 121 Å². The van der Waals surface area contributed by atoms with E-state index in [1.807, 2.05) is 0 Å². The molecule has 0 radical (unpaired) electrons. The second kappa shape index (κ2) is 6.09. The molecule has 1 N–H and O–H groups in total. The Hall–Kier alpha value is -0.474. The number of benzene rings is 1. The summed E-state index contributed by atoms with van der Waals surface area (Å²) >= 11 is 0. The van der Waals surface area contributed by atoms with E-state index < -0.39 is 11.1 Å². The van der Waals surface area contributed by atoms with Crippen LogP contribution in [-0.4, -0.2) is 67.5 Å². The van der Waals surface area contributed by atoms with Gasteiger partial charge in [-0.3, -0.25) is 4.84 Å². The summed E-state index contributed by atoms with van der Waals surface area (Å²) in [6.07, 6.45) is 0. The van der Waals surface area contributed by atoms with Crippen molar-refractivity contribution < 1.29 is 19.8 Å². The number of rotatable bonds is 3. The van der Waals surface area contributed by atoms with Crippen molar-refractivity contribution in [1.82, 2.24) is 0 Å². The fraction of sp³-hybridized carbons (Fsp3) is 0. The van der Waals surface area contributed by atoms with Gasteiger partial charge in [0, 0.05) is 0 Å². The molecule has 0 aliphatic heterocycles. The zero-order chi connectivity index (χ0) is 9.84. The quantitative estimate of drug-likeness (QED) is 0.452. The van der Waals surface area contributed by atoms with E-state index >= 15 is 0 Å². The van der Waals surface area contributed by atoms with Gasteiger partial charge in [0.25, 0.3) is 5.09 Å². The third-order valence-electron chi connectivity index (χ3n) is 1.29. The molecule has 0 fully saturated rings. The van der Waals surface area contributed by atoms with Gasteiger partial charge in [0.1, 0.15) is 5.75 Å². The van der Waals surface area contributed by atoms with Gasteiger partial charge in [0.15, 0.2) is 0 Å². The van der Waals surface area contributed by atoms with Crippen LogP contribution in [0.5, 0.6) is 5.75 Å². The first-order valence-corrected chi connectivity index (χ1v) is 3.26. The molecule has 0 aliphatic rings. The number of hydrogen-bond donors (Lipinski definition) is 1. The molecule has 0 bridgehead atoms. The van der Waals surface area contributed by atoms with Crippen LogP contribution in [0.4, 0.5) is 0 Å². The Bertz CT molecular complexity index is 354. The van der Waals surface area contributed by atoms with Crippen molar-refractivity contribution in [2.24, 2.45) is 0 Å². The van der Waals surface area contributed by atoms with E-state index in [2.05, 4.69) is 4.84 Å². The molecule has 0 unspecified atom stereocenters. The minimum atomic E-state index is -1.27. The first-order valence-electron chi connectivity index (χ1n) is 3.26. The van der Waals surface area contributed by atoms with Crippen LogP contribution in [0.3, 0.4) is 0 Å². The average molecular weight is 223 g/mol. The zero-order valence-corrected chi connectivity index (χ0v) is 6.34. The third-order valence-corrected chi connectivity index (χ3v) is 1.29. The summed E-state index contributed by atoms with van der Waals surface area (Å²) in [5.74, 6) is -1.54. The van der Waals surface area contributed by atoms with E-state index in [9.17, 15) is 14.9 Å². The molecule has 0 atom stereocenters. The van der Waals surface area contributed by atoms with E-state index in [0.29, 0.717) is 0 Å². The van der Waals surface area contributed by atoms with Crippen molar-refractivity contribution in [3.8, 4) is 5.75 Å². The minimum absolute atomic E-state index is 0. The first-order chi connectivity index (χ1) is 6.11. The molecule has 0 amide bonds. The van der Waals surface area contributed by atoms with Crippen molar-refractivity contribution in [3.63, 3.8) is 0 Å². The van der Waals surface area contributed by atoms with E-state index in [1.54, 1.807) is 0 Å². The molecule has 1 rings (SSSR count). The summed E-state index contributed by atoms with van der Waals surface area (Å²) in [6.45, 7) is 0. The zero-order valence-electron chi connectivity index (χ0n) is 6.34. The molecule has 0 spiro atoms. The first kappa shape index (κ1) is 13.5. The van der Waals surface area contributed by atoms with E-state index in [4.69, 9.17) is 5.11 Å². The van der Waals surface area contributed by atoms with Gasteiger partial charge in [0.2, 0.25) is 0 Å². The van der Waals surface area contributed by atoms with E-state index in [1.165, 1.54) is 24.3 Å². The summed E-state index contributed by atoms with van der Waals surface area (Å²) in [4.78, 5) is 24.5. The molecule has 70 valence electrons.